The number of carboxylic acid groups (broad SMARTS) is 1. The topological polar surface area (TPSA) is 262 Å². The Hall–Kier alpha value is -5.99. The summed E-state index contributed by atoms with van der Waals surface area (Å²) < 4.78 is 47.2. The summed E-state index contributed by atoms with van der Waals surface area (Å²) in [5.74, 6) is -1.63. The monoisotopic (exact) mass is 974 g/mol. The molecule has 366 valence electrons. The van der Waals surface area contributed by atoms with Crippen LogP contribution >= 0.6 is 11.3 Å². The van der Waals surface area contributed by atoms with Gasteiger partial charge in [0, 0.05) is 48.9 Å². The second kappa shape index (κ2) is 22.0. The molecule has 8 N–H and O–H groups in total. The fourth-order valence-electron chi connectivity index (χ4n) is 8.75. The first-order chi connectivity index (χ1) is 32.6. The third kappa shape index (κ3) is 12.0. The number of fused-ring (bicyclic) bond motifs is 1. The number of aromatic nitrogens is 2. The summed E-state index contributed by atoms with van der Waals surface area (Å²) in [6, 6.07) is 11.8. The molecule has 3 aliphatic rings. The lowest BCUT2D eigenvalue weighted by atomic mass is 10.1. The number of pyridine rings is 1. The van der Waals surface area contributed by atoms with Crippen molar-refractivity contribution in [2.75, 3.05) is 31.2 Å². The summed E-state index contributed by atoms with van der Waals surface area (Å²) in [7, 11) is -2.82. The van der Waals surface area contributed by atoms with Gasteiger partial charge in [0.05, 0.1) is 35.1 Å². The summed E-state index contributed by atoms with van der Waals surface area (Å²) in [5.41, 5.74) is 6.92. The quantitative estimate of drug-likeness (QED) is 0.0304. The zero-order chi connectivity index (χ0) is 48.6. The van der Waals surface area contributed by atoms with E-state index in [0.717, 1.165) is 55.3 Å². The van der Waals surface area contributed by atoms with E-state index in [1.54, 1.807) is 37.4 Å². The summed E-state index contributed by atoms with van der Waals surface area (Å²) in [6.45, 7) is 8.67. The predicted octanol–water partition coefficient (Wildman–Crippen LogP) is 6.62. The van der Waals surface area contributed by atoms with Crippen LogP contribution in [0.5, 0.6) is 11.5 Å². The number of sulfonamides is 1. The Morgan fingerprint density at radius 2 is 1.78 bits per heavy atom. The molecule has 4 aromatic rings. The van der Waals surface area contributed by atoms with Crippen molar-refractivity contribution in [2.45, 2.75) is 132 Å². The smallest absolute Gasteiger partial charge is 0.408 e. The number of nitrogens with zero attached hydrogens (tertiary/aromatic N) is 2. The van der Waals surface area contributed by atoms with Crippen molar-refractivity contribution in [1.29, 1.82) is 0 Å². The van der Waals surface area contributed by atoms with Gasteiger partial charge in [-0.1, -0.05) is 57.7 Å². The van der Waals surface area contributed by atoms with Gasteiger partial charge in [-0.2, -0.15) is 0 Å². The highest BCUT2D eigenvalue weighted by atomic mass is 32.2. The number of nitrogen functional groups attached to an aromatic ring is 1. The highest BCUT2D eigenvalue weighted by Crippen LogP contribution is 2.45. The molecule has 2 saturated carbocycles. The van der Waals surface area contributed by atoms with Gasteiger partial charge in [0.25, 0.3) is 15.9 Å². The van der Waals surface area contributed by atoms with Crippen LogP contribution in [-0.2, 0) is 29.1 Å². The minimum absolute atomic E-state index is 0.121. The molecule has 20 heteroatoms. The molecule has 5 atom stereocenters. The number of benzene rings is 2. The summed E-state index contributed by atoms with van der Waals surface area (Å²) in [6.07, 6.45) is 8.18. The predicted molar refractivity (Wildman–Crippen MR) is 259 cm³/mol. The molecular weight excluding hydrogens is 913 g/mol. The first-order valence-electron chi connectivity index (χ1n) is 23.3. The number of rotatable bonds is 23. The standard InChI is InChI=1S/C48H62N8O10S2/c1-5-29-26-48(29,55-43(57)38-24-32(27-51-38)65-39-25-37(41-42(49)67-44(54-41)28(2)3)52-36-23-31(64-4)20-21-33(36)39)46(60)56-68(62,63)40-19-13-12-17-34(40)50-22-14-8-6-7-9-18-35(45(58)59)53-47(61)66-30-15-10-11-16-30/h5,12-13,17,19-21,23,25,28-30,32,35,38,50-51H,1,6-11,14-16,18,22,24,26-27,49H2,2-4H3,(H,53,61)(H,55,57)(H,56,60)(H,58,59)/t29-,32-,35+,38+,48-/m1/s1. The highest BCUT2D eigenvalue weighted by molar-refractivity contribution is 7.90. The largest absolute Gasteiger partial charge is 0.497 e. The number of alkyl carbamates (subject to hydrolysis) is 1. The minimum atomic E-state index is -4.40. The average molecular weight is 975 g/mol. The van der Waals surface area contributed by atoms with Gasteiger partial charge in [-0.15, -0.1) is 17.9 Å². The number of anilines is 2. The number of carbonyl (C=O) groups excluding carboxylic acids is 3. The lowest BCUT2D eigenvalue weighted by Crippen LogP contribution is -2.55. The normalized spacial score (nSPS) is 20.7. The Labute approximate surface area is 400 Å². The van der Waals surface area contributed by atoms with Crippen LogP contribution in [-0.4, -0.2) is 97.4 Å². The Morgan fingerprint density at radius 3 is 2.49 bits per heavy atom. The van der Waals surface area contributed by atoms with Crippen molar-refractivity contribution in [3.05, 3.63) is 66.2 Å². The van der Waals surface area contributed by atoms with Crippen LogP contribution in [0.4, 0.5) is 15.5 Å². The molecule has 3 amide bonds. The Bertz CT molecular complexity index is 2600. The number of hydrogen-bond acceptors (Lipinski definition) is 15. The first-order valence-corrected chi connectivity index (χ1v) is 25.6. The van der Waals surface area contributed by atoms with Gasteiger partial charge in [0.1, 0.15) is 50.9 Å². The number of nitrogens with one attached hydrogen (secondary N) is 5. The van der Waals surface area contributed by atoms with Crippen molar-refractivity contribution in [3.63, 3.8) is 0 Å². The molecule has 0 unspecified atom stereocenters. The van der Waals surface area contributed by atoms with E-state index in [0.29, 0.717) is 65.0 Å². The lowest BCUT2D eigenvalue weighted by Gasteiger charge is -2.22. The molecule has 1 aliphatic heterocycles. The molecule has 1 saturated heterocycles. The van der Waals surface area contributed by atoms with E-state index in [4.69, 9.17) is 29.9 Å². The third-order valence-electron chi connectivity index (χ3n) is 12.7. The maximum Gasteiger partial charge on any atom is 0.408 e. The number of amides is 3. The minimum Gasteiger partial charge on any atom is -0.497 e. The molecule has 0 radical (unpaired) electrons. The summed E-state index contributed by atoms with van der Waals surface area (Å²) in [4.78, 5) is 61.2. The van der Waals surface area contributed by atoms with Gasteiger partial charge in [-0.05, 0) is 69.2 Å². The molecule has 7 rings (SSSR count). The average Bonchev–Trinajstić information content (AvgIpc) is 3.70. The van der Waals surface area contributed by atoms with Crippen molar-refractivity contribution in [3.8, 4) is 22.9 Å². The van der Waals surface area contributed by atoms with Crippen LogP contribution < -0.4 is 41.2 Å². The number of nitrogens with two attached hydrogens (primary N) is 1. The maximum atomic E-state index is 13.9. The molecule has 18 nitrogen and oxygen atoms in total. The number of carbonyl (C=O) groups is 4. The fraction of sp³-hybridized carbons (Fsp3) is 0.500. The van der Waals surface area contributed by atoms with Crippen molar-refractivity contribution in [1.82, 2.24) is 30.6 Å². The molecule has 3 fully saturated rings. The second-order valence-corrected chi connectivity index (χ2v) is 20.7. The van der Waals surface area contributed by atoms with E-state index in [2.05, 4.69) is 32.6 Å². The zero-order valence-electron chi connectivity index (χ0n) is 38.7. The lowest BCUT2D eigenvalue weighted by molar-refractivity contribution is -0.139. The van der Waals surface area contributed by atoms with Gasteiger partial charge in [0.15, 0.2) is 0 Å². The number of unbranched alkanes of at least 4 members (excludes halogenated alkanes) is 4. The Balaban J connectivity index is 0.908. The van der Waals surface area contributed by atoms with Crippen LogP contribution in [0.15, 0.2) is 66.1 Å². The molecule has 3 heterocycles. The molecule has 68 heavy (non-hydrogen) atoms. The second-order valence-electron chi connectivity index (χ2n) is 18.0. The van der Waals surface area contributed by atoms with Gasteiger partial charge in [-0.3, -0.25) is 9.59 Å². The first kappa shape index (κ1) is 49.9. The van der Waals surface area contributed by atoms with Crippen LogP contribution in [0.3, 0.4) is 0 Å². The van der Waals surface area contributed by atoms with Crippen molar-refractivity contribution < 1.29 is 46.9 Å². The summed E-state index contributed by atoms with van der Waals surface area (Å²) >= 11 is 1.41. The molecule has 0 bridgehead atoms. The van der Waals surface area contributed by atoms with E-state index in [1.807, 2.05) is 26.0 Å². The number of para-hydroxylation sites is 1. The number of aliphatic carboxylic acids is 1. The van der Waals surface area contributed by atoms with Crippen LogP contribution in [0, 0.1) is 5.92 Å². The Morgan fingerprint density at radius 1 is 1.03 bits per heavy atom. The van der Waals surface area contributed by atoms with E-state index in [-0.39, 0.29) is 36.2 Å². The maximum absolute atomic E-state index is 13.9. The molecular formula is C48H62N8O10S2. The van der Waals surface area contributed by atoms with Crippen molar-refractivity contribution >= 4 is 66.8 Å². The zero-order valence-corrected chi connectivity index (χ0v) is 40.3. The van der Waals surface area contributed by atoms with Gasteiger partial charge >= 0.3 is 12.1 Å². The number of carboxylic acids is 1. The third-order valence-corrected chi connectivity index (χ3v) is 15.3. The van der Waals surface area contributed by atoms with Crippen LogP contribution in [0.1, 0.15) is 102 Å². The number of ether oxygens (including phenoxy) is 3. The number of thiazole rings is 1. The molecule has 2 aromatic carbocycles. The summed E-state index contributed by atoms with van der Waals surface area (Å²) in [5, 5.41) is 23.4. The van der Waals surface area contributed by atoms with Crippen molar-refractivity contribution in [2.24, 2.45) is 5.92 Å². The van der Waals surface area contributed by atoms with Gasteiger partial charge in [0.2, 0.25) is 5.91 Å². The van der Waals surface area contributed by atoms with Gasteiger partial charge in [-0.25, -0.2) is 32.7 Å². The number of methoxy groups -OCH3 is 1. The fourth-order valence-corrected chi connectivity index (χ4v) is 10.8. The van der Waals surface area contributed by atoms with Crippen LogP contribution in [0.25, 0.3) is 22.3 Å². The van der Waals surface area contributed by atoms with E-state index >= 15 is 0 Å². The van der Waals surface area contributed by atoms with Crippen LogP contribution in [0.2, 0.25) is 0 Å². The van der Waals surface area contributed by atoms with Gasteiger partial charge < -0.3 is 46.3 Å². The SMILES string of the molecule is C=C[C@@H]1C[C@]1(NC(=O)[C@@H]1C[C@@H](Oc2cc(-c3nc(C(C)C)sc3N)nc3cc(OC)ccc23)CN1)C(=O)NS(=O)(=O)c1ccccc1NCCCCCCC[C@H](NC(=O)OC1CCCC1)C(=O)O. The molecule has 2 aliphatic carbocycles. The van der Waals surface area contributed by atoms with E-state index < -0.39 is 63.5 Å². The highest BCUT2D eigenvalue weighted by Gasteiger charge is 2.61. The molecule has 0 spiro atoms. The number of hydrogen-bond donors (Lipinski definition) is 7. The molecule has 2 aromatic heterocycles. The van der Waals surface area contributed by atoms with E-state index in [1.165, 1.54) is 23.5 Å². The van der Waals surface area contributed by atoms with E-state index in [9.17, 15) is 32.7 Å². The Kier molecular flexibility index (Phi) is 16.1.